The summed E-state index contributed by atoms with van der Waals surface area (Å²) in [6.45, 7) is -1.99. The van der Waals surface area contributed by atoms with Crippen molar-refractivity contribution in [2.24, 2.45) is 5.73 Å². The average Bonchev–Trinajstić information content (AvgIpc) is 2.51. The van der Waals surface area contributed by atoms with E-state index in [1.807, 2.05) is 0 Å². The highest BCUT2D eigenvalue weighted by molar-refractivity contribution is 5.88. The first-order valence-corrected chi connectivity index (χ1v) is 6.23. The van der Waals surface area contributed by atoms with Crippen LogP contribution in [0.25, 0.3) is 0 Å². The van der Waals surface area contributed by atoms with Crippen molar-refractivity contribution in [1.29, 1.82) is 0 Å². The Balaban J connectivity index is 2.98. The van der Waals surface area contributed by atoms with E-state index in [9.17, 15) is 24.9 Å². The zero-order valence-electron chi connectivity index (χ0n) is 11.3. The molecule has 0 saturated heterocycles. The molecule has 0 radical (unpaired) electrons. The van der Waals surface area contributed by atoms with Gasteiger partial charge in [0, 0.05) is 0 Å². The molecule has 0 heterocycles. The quantitative estimate of drug-likeness (QED) is 0.353. The van der Waals surface area contributed by atoms with Crippen molar-refractivity contribution >= 4 is 11.9 Å². The van der Waals surface area contributed by atoms with Crippen LogP contribution in [0.15, 0.2) is 30.3 Å². The lowest BCUT2D eigenvalue weighted by atomic mass is 10.0. The van der Waals surface area contributed by atoms with Gasteiger partial charge in [0.25, 0.3) is 0 Å². The van der Waals surface area contributed by atoms with Gasteiger partial charge in [0.05, 0.1) is 19.8 Å². The number of primary amides is 1. The van der Waals surface area contributed by atoms with E-state index in [0.717, 1.165) is 0 Å². The molecule has 8 heteroatoms. The van der Waals surface area contributed by atoms with E-state index in [1.54, 1.807) is 30.3 Å². The summed E-state index contributed by atoms with van der Waals surface area (Å²) >= 11 is 0. The number of hydrogen-bond acceptors (Lipinski definition) is 5. The molecule has 0 saturated carbocycles. The summed E-state index contributed by atoms with van der Waals surface area (Å²) in [6, 6.07) is 6.31. The van der Waals surface area contributed by atoms with E-state index in [2.05, 4.69) is 10.6 Å². The summed E-state index contributed by atoms with van der Waals surface area (Å²) in [6.07, 6.45) is 0. The van der Waals surface area contributed by atoms with E-state index in [0.29, 0.717) is 5.56 Å². The van der Waals surface area contributed by atoms with E-state index in [-0.39, 0.29) is 0 Å². The van der Waals surface area contributed by atoms with Crippen LogP contribution < -0.4 is 16.4 Å². The number of aliphatic hydroxyl groups is 3. The van der Waals surface area contributed by atoms with Crippen molar-refractivity contribution in [1.82, 2.24) is 10.6 Å². The Morgan fingerprint density at radius 1 is 1.10 bits per heavy atom. The molecule has 3 amide bonds. The lowest BCUT2D eigenvalue weighted by Crippen LogP contribution is -2.59. The number of hydrogen-bond donors (Lipinski definition) is 6. The van der Waals surface area contributed by atoms with Gasteiger partial charge in [-0.2, -0.15) is 0 Å². The van der Waals surface area contributed by atoms with Crippen LogP contribution in [0.4, 0.5) is 4.79 Å². The number of carbonyl (C=O) groups excluding carboxylic acids is 2. The minimum absolute atomic E-state index is 0.469. The fraction of sp³-hybridized carbons (Fsp3) is 0.385. The topological polar surface area (TPSA) is 145 Å². The fourth-order valence-corrected chi connectivity index (χ4v) is 1.69. The van der Waals surface area contributed by atoms with Crippen molar-refractivity contribution in [3.63, 3.8) is 0 Å². The Hall–Kier alpha value is -2.16. The van der Waals surface area contributed by atoms with Crippen molar-refractivity contribution < 1.29 is 24.9 Å². The molecule has 1 aromatic carbocycles. The molecule has 0 spiro atoms. The molecule has 7 N–H and O–H groups in total. The smallest absolute Gasteiger partial charge is 0.313 e. The van der Waals surface area contributed by atoms with Gasteiger partial charge >= 0.3 is 6.03 Å². The number of nitrogens with two attached hydrogens (primary N) is 1. The molecule has 0 aromatic heterocycles. The van der Waals surface area contributed by atoms with Crippen LogP contribution in [-0.2, 0) is 4.79 Å². The molecule has 0 bridgehead atoms. The lowest BCUT2D eigenvalue weighted by molar-refractivity contribution is -0.127. The van der Waals surface area contributed by atoms with Gasteiger partial charge in [0.2, 0.25) is 5.91 Å². The standard InChI is InChI=1S/C13H19N3O5/c14-12(21)15-10(9-4-2-1-3-5-9)11(20)16-13(6-17,7-18)8-19/h1-5,10,17-19H,6-8H2,(H,16,20)(H3,14,15,21). The number of amides is 3. The molecule has 0 fully saturated rings. The van der Waals surface area contributed by atoms with Crippen molar-refractivity contribution in [2.45, 2.75) is 11.6 Å². The van der Waals surface area contributed by atoms with Gasteiger partial charge in [-0.25, -0.2) is 4.79 Å². The van der Waals surface area contributed by atoms with E-state index in [1.165, 1.54) is 0 Å². The van der Waals surface area contributed by atoms with Gasteiger partial charge in [-0.05, 0) is 5.56 Å². The molecule has 8 nitrogen and oxygen atoms in total. The van der Waals surface area contributed by atoms with E-state index >= 15 is 0 Å². The van der Waals surface area contributed by atoms with Crippen LogP contribution in [0.5, 0.6) is 0 Å². The second-order valence-electron chi connectivity index (χ2n) is 4.60. The highest BCUT2D eigenvalue weighted by Crippen LogP contribution is 2.14. The zero-order valence-corrected chi connectivity index (χ0v) is 11.3. The molecule has 0 aliphatic rings. The molecular weight excluding hydrogens is 278 g/mol. The van der Waals surface area contributed by atoms with Gasteiger partial charge in [-0.1, -0.05) is 30.3 Å². The second-order valence-corrected chi connectivity index (χ2v) is 4.60. The molecule has 1 unspecified atom stereocenters. The molecule has 116 valence electrons. The summed E-state index contributed by atoms with van der Waals surface area (Å²) in [7, 11) is 0. The molecule has 0 aliphatic heterocycles. The SMILES string of the molecule is NC(=O)NC(C(=O)NC(CO)(CO)CO)c1ccccc1. The molecule has 0 aliphatic carbocycles. The van der Waals surface area contributed by atoms with Gasteiger partial charge in [0.1, 0.15) is 11.6 Å². The number of urea groups is 1. The van der Waals surface area contributed by atoms with Crippen molar-refractivity contribution in [3.05, 3.63) is 35.9 Å². The third-order valence-electron chi connectivity index (χ3n) is 2.98. The normalized spacial score (nSPS) is 12.5. The highest BCUT2D eigenvalue weighted by atomic mass is 16.3. The lowest BCUT2D eigenvalue weighted by Gasteiger charge is -2.30. The van der Waals surface area contributed by atoms with Crippen LogP contribution in [0.1, 0.15) is 11.6 Å². The first-order chi connectivity index (χ1) is 9.98. The van der Waals surface area contributed by atoms with E-state index < -0.39 is 43.3 Å². The second kappa shape index (κ2) is 7.58. The summed E-state index contributed by atoms with van der Waals surface area (Å²) in [5, 5.41) is 32.2. The van der Waals surface area contributed by atoms with Gasteiger partial charge in [-0.15, -0.1) is 0 Å². The predicted octanol–water partition coefficient (Wildman–Crippen LogP) is -1.77. The molecule has 21 heavy (non-hydrogen) atoms. The average molecular weight is 297 g/mol. The molecule has 1 aromatic rings. The van der Waals surface area contributed by atoms with Crippen LogP contribution in [0.2, 0.25) is 0 Å². The number of nitrogens with one attached hydrogen (secondary N) is 2. The summed E-state index contributed by atoms with van der Waals surface area (Å²) in [5.41, 5.74) is 3.94. The minimum atomic E-state index is -1.58. The van der Waals surface area contributed by atoms with Crippen molar-refractivity contribution in [2.75, 3.05) is 19.8 Å². The van der Waals surface area contributed by atoms with Crippen LogP contribution in [0, 0.1) is 0 Å². The predicted molar refractivity (Wildman–Crippen MR) is 74.0 cm³/mol. The Labute approximate surface area is 121 Å². The van der Waals surface area contributed by atoms with Crippen LogP contribution in [0.3, 0.4) is 0 Å². The Morgan fingerprint density at radius 3 is 2.05 bits per heavy atom. The number of rotatable bonds is 7. The van der Waals surface area contributed by atoms with Crippen molar-refractivity contribution in [3.8, 4) is 0 Å². The maximum atomic E-state index is 12.3. The third kappa shape index (κ3) is 4.42. The van der Waals surface area contributed by atoms with Crippen LogP contribution >= 0.6 is 0 Å². The molecular formula is C13H19N3O5. The fourth-order valence-electron chi connectivity index (χ4n) is 1.69. The highest BCUT2D eigenvalue weighted by Gasteiger charge is 2.33. The Kier molecular flexibility index (Phi) is 6.10. The first kappa shape index (κ1) is 16.9. The minimum Gasteiger partial charge on any atom is -0.394 e. The zero-order chi connectivity index (χ0) is 15.9. The van der Waals surface area contributed by atoms with Gasteiger partial charge < -0.3 is 31.7 Å². The van der Waals surface area contributed by atoms with Gasteiger partial charge in [0.15, 0.2) is 0 Å². The Bertz CT molecular complexity index is 468. The molecule has 1 rings (SSSR count). The summed E-state index contributed by atoms with van der Waals surface area (Å²) in [4.78, 5) is 23.3. The summed E-state index contributed by atoms with van der Waals surface area (Å²) in [5.74, 6) is -0.711. The monoisotopic (exact) mass is 297 g/mol. The number of carbonyl (C=O) groups is 2. The van der Waals surface area contributed by atoms with Gasteiger partial charge in [-0.3, -0.25) is 4.79 Å². The van der Waals surface area contributed by atoms with Crippen LogP contribution in [-0.4, -0.2) is 52.6 Å². The summed E-state index contributed by atoms with van der Waals surface area (Å²) < 4.78 is 0. The largest absolute Gasteiger partial charge is 0.394 e. The Morgan fingerprint density at radius 2 is 1.62 bits per heavy atom. The van der Waals surface area contributed by atoms with E-state index in [4.69, 9.17) is 5.73 Å². The maximum absolute atomic E-state index is 12.3. The third-order valence-corrected chi connectivity index (χ3v) is 2.98. The molecule has 1 atom stereocenters. The first-order valence-electron chi connectivity index (χ1n) is 6.23. The maximum Gasteiger partial charge on any atom is 0.313 e. The number of aliphatic hydroxyl groups excluding tert-OH is 3. The number of benzene rings is 1.